The summed E-state index contributed by atoms with van der Waals surface area (Å²) >= 11 is 1.34. The molecule has 1 atom stereocenters. The molecule has 0 radical (unpaired) electrons. The first-order valence-corrected chi connectivity index (χ1v) is 12.8. The van der Waals surface area contributed by atoms with Crippen LogP contribution in [0, 0.1) is 0 Å². The molecule has 2 aromatic rings. The molecule has 0 bridgehead atoms. The molecule has 0 unspecified atom stereocenters. The number of sulfonamides is 1. The Labute approximate surface area is 196 Å². The number of nitrogens with zero attached hydrogens (tertiary/aromatic N) is 2. The third-order valence-corrected chi connectivity index (χ3v) is 9.42. The Bertz CT molecular complexity index is 1230. The summed E-state index contributed by atoms with van der Waals surface area (Å²) in [4.78, 5) is 27.6. The minimum atomic E-state index is -3.76. The topological polar surface area (TPSA) is 105 Å². The number of morpholine rings is 1. The van der Waals surface area contributed by atoms with Crippen molar-refractivity contribution < 1.29 is 27.5 Å². The minimum absolute atomic E-state index is 0.0553. The van der Waals surface area contributed by atoms with Gasteiger partial charge in [-0.3, -0.25) is 14.5 Å². The third-order valence-electron chi connectivity index (χ3n) is 6.06. The van der Waals surface area contributed by atoms with Crippen LogP contribution in [0.3, 0.4) is 0 Å². The predicted octanol–water partition coefficient (Wildman–Crippen LogP) is 2.28. The maximum atomic E-state index is 13.6. The van der Waals surface area contributed by atoms with E-state index in [-0.39, 0.29) is 36.0 Å². The van der Waals surface area contributed by atoms with E-state index in [1.807, 2.05) is 24.3 Å². The van der Waals surface area contributed by atoms with Crippen LogP contribution < -0.4 is 15.0 Å². The van der Waals surface area contributed by atoms with E-state index in [2.05, 4.69) is 5.32 Å². The van der Waals surface area contributed by atoms with Crippen LogP contribution in [-0.4, -0.2) is 62.8 Å². The molecule has 11 heteroatoms. The molecule has 0 aromatic heterocycles. The number of rotatable bonds is 5. The number of carbonyl (C=O) groups is 2. The minimum Gasteiger partial charge on any atom is -0.495 e. The number of benzene rings is 2. The summed E-state index contributed by atoms with van der Waals surface area (Å²) in [5.74, 6) is -0.177. The summed E-state index contributed by atoms with van der Waals surface area (Å²) < 4.78 is 38.2. The molecule has 3 aliphatic rings. The van der Waals surface area contributed by atoms with Gasteiger partial charge in [0.2, 0.25) is 15.9 Å². The predicted molar refractivity (Wildman–Crippen MR) is 123 cm³/mol. The van der Waals surface area contributed by atoms with Crippen molar-refractivity contribution in [2.75, 3.05) is 43.6 Å². The summed E-state index contributed by atoms with van der Waals surface area (Å²) in [5.41, 5.74) is 0.956. The molecule has 2 fully saturated rings. The van der Waals surface area contributed by atoms with Gasteiger partial charge in [-0.1, -0.05) is 23.9 Å². The van der Waals surface area contributed by atoms with Crippen molar-refractivity contribution in [1.82, 2.24) is 4.31 Å². The van der Waals surface area contributed by atoms with Crippen molar-refractivity contribution in [3.63, 3.8) is 0 Å². The summed E-state index contributed by atoms with van der Waals surface area (Å²) in [7, 11) is -2.31. The number of carbonyl (C=O) groups excluding carboxylic acids is 2. The average Bonchev–Trinajstić information content (AvgIpc) is 3.35. The largest absolute Gasteiger partial charge is 0.495 e. The fourth-order valence-corrected chi connectivity index (χ4v) is 7.25. The number of para-hydroxylation sites is 1. The van der Waals surface area contributed by atoms with Crippen LogP contribution in [0.4, 0.5) is 11.4 Å². The highest BCUT2D eigenvalue weighted by atomic mass is 32.2. The Morgan fingerprint density at radius 3 is 2.70 bits per heavy atom. The fraction of sp³-hybridized carbons (Fsp3) is 0.364. The van der Waals surface area contributed by atoms with Gasteiger partial charge in [0.25, 0.3) is 5.91 Å². The molecular formula is C22H23N3O6S2. The Kier molecular flexibility index (Phi) is 5.60. The Hall–Kier alpha value is -2.60. The van der Waals surface area contributed by atoms with Gasteiger partial charge in [0.1, 0.15) is 5.75 Å². The molecule has 174 valence electrons. The Balaban J connectivity index is 1.47. The summed E-state index contributed by atoms with van der Waals surface area (Å²) in [5, 5.41) is 2.85. The number of thioether (sulfide) groups is 1. The van der Waals surface area contributed by atoms with E-state index in [1.54, 1.807) is 4.90 Å². The van der Waals surface area contributed by atoms with Gasteiger partial charge < -0.3 is 14.8 Å². The van der Waals surface area contributed by atoms with Crippen LogP contribution in [0.5, 0.6) is 5.75 Å². The summed E-state index contributed by atoms with van der Waals surface area (Å²) in [6.45, 7) is 1.21. The van der Waals surface area contributed by atoms with Crippen molar-refractivity contribution in [2.24, 2.45) is 0 Å². The van der Waals surface area contributed by atoms with Gasteiger partial charge in [0.15, 0.2) is 4.87 Å². The van der Waals surface area contributed by atoms with Crippen LogP contribution >= 0.6 is 11.8 Å². The van der Waals surface area contributed by atoms with Crippen LogP contribution in [0.15, 0.2) is 52.3 Å². The lowest BCUT2D eigenvalue weighted by atomic mass is 10.1. The second kappa shape index (κ2) is 8.32. The fourth-order valence-electron chi connectivity index (χ4n) is 4.40. The first kappa shape index (κ1) is 22.2. The van der Waals surface area contributed by atoms with Crippen LogP contribution in [-0.2, 0) is 24.3 Å². The Morgan fingerprint density at radius 2 is 1.94 bits per heavy atom. The average molecular weight is 490 g/mol. The van der Waals surface area contributed by atoms with Gasteiger partial charge in [0, 0.05) is 24.4 Å². The molecule has 3 heterocycles. The van der Waals surface area contributed by atoms with E-state index in [9.17, 15) is 18.0 Å². The van der Waals surface area contributed by atoms with Crippen LogP contribution in [0.1, 0.15) is 12.8 Å². The van der Waals surface area contributed by atoms with Crippen molar-refractivity contribution in [3.05, 3.63) is 42.5 Å². The van der Waals surface area contributed by atoms with E-state index < -0.39 is 20.8 Å². The van der Waals surface area contributed by atoms with Crippen molar-refractivity contribution >= 4 is 45.0 Å². The lowest BCUT2D eigenvalue weighted by Crippen LogP contribution is -2.49. The molecule has 2 aromatic carbocycles. The van der Waals surface area contributed by atoms with E-state index >= 15 is 0 Å². The highest BCUT2D eigenvalue weighted by molar-refractivity contribution is 8.02. The van der Waals surface area contributed by atoms with E-state index in [1.165, 1.54) is 41.4 Å². The molecule has 5 rings (SSSR count). The molecule has 33 heavy (non-hydrogen) atoms. The van der Waals surface area contributed by atoms with E-state index in [4.69, 9.17) is 9.47 Å². The molecule has 3 aliphatic heterocycles. The number of methoxy groups -OCH3 is 1. The van der Waals surface area contributed by atoms with Crippen molar-refractivity contribution in [1.29, 1.82) is 0 Å². The van der Waals surface area contributed by atoms with Gasteiger partial charge in [-0.2, -0.15) is 4.31 Å². The van der Waals surface area contributed by atoms with Crippen LogP contribution in [0.2, 0.25) is 0 Å². The maximum absolute atomic E-state index is 13.6. The number of amides is 2. The molecule has 2 saturated heterocycles. The molecule has 0 aliphatic carbocycles. The maximum Gasteiger partial charge on any atom is 0.261 e. The number of hydrogen-bond donors (Lipinski definition) is 1. The SMILES string of the molecule is COc1ccc(S(=O)(=O)N2CCOCC2)cc1NC(=O)[C@]12CCC(=O)N1c1ccccc1S2. The van der Waals surface area contributed by atoms with Gasteiger partial charge in [-0.05, 0) is 36.8 Å². The highest BCUT2D eigenvalue weighted by Gasteiger charge is 2.57. The Morgan fingerprint density at radius 1 is 1.18 bits per heavy atom. The van der Waals surface area contributed by atoms with Gasteiger partial charge in [-0.25, -0.2) is 8.42 Å². The molecule has 9 nitrogen and oxygen atoms in total. The first-order chi connectivity index (χ1) is 15.9. The molecule has 0 spiro atoms. The molecular weight excluding hydrogens is 466 g/mol. The van der Waals surface area contributed by atoms with Gasteiger partial charge in [-0.15, -0.1) is 0 Å². The lowest BCUT2D eigenvalue weighted by molar-refractivity contribution is -0.121. The molecule has 2 amide bonds. The normalized spacial score (nSPS) is 22.7. The second-order valence-corrected chi connectivity index (χ2v) is 11.2. The number of ether oxygens (including phenoxy) is 2. The molecule has 1 N–H and O–H groups in total. The first-order valence-electron chi connectivity index (χ1n) is 10.6. The standard InChI is InChI=1S/C22H23N3O6S2/c1-30-18-7-6-15(33(28,29)24-10-12-31-13-11-24)14-16(18)23-21(27)22-9-8-20(26)25(22)17-4-2-3-5-19(17)32-22/h2-7,14H,8-13H2,1H3,(H,23,27)/t22-/m1/s1. The van der Waals surface area contributed by atoms with E-state index in [0.717, 1.165) is 10.6 Å². The zero-order chi connectivity index (χ0) is 23.2. The lowest BCUT2D eigenvalue weighted by Gasteiger charge is -2.30. The third kappa shape index (κ3) is 3.59. The number of fused-ring (bicyclic) bond motifs is 3. The van der Waals surface area contributed by atoms with Gasteiger partial charge in [0.05, 0.1) is 36.6 Å². The van der Waals surface area contributed by atoms with Crippen molar-refractivity contribution in [2.45, 2.75) is 27.5 Å². The van der Waals surface area contributed by atoms with Crippen LogP contribution in [0.25, 0.3) is 0 Å². The number of nitrogens with one attached hydrogen (secondary N) is 1. The summed E-state index contributed by atoms with van der Waals surface area (Å²) in [6.07, 6.45) is 0.614. The number of hydrogen-bond acceptors (Lipinski definition) is 7. The van der Waals surface area contributed by atoms with Gasteiger partial charge >= 0.3 is 0 Å². The zero-order valence-corrected chi connectivity index (χ0v) is 19.6. The highest BCUT2D eigenvalue weighted by Crippen LogP contribution is 2.56. The molecule has 0 saturated carbocycles. The smallest absolute Gasteiger partial charge is 0.261 e. The quantitative estimate of drug-likeness (QED) is 0.687. The monoisotopic (exact) mass is 489 g/mol. The second-order valence-electron chi connectivity index (χ2n) is 7.92. The zero-order valence-electron chi connectivity index (χ0n) is 17.9. The van der Waals surface area contributed by atoms with E-state index in [0.29, 0.717) is 25.4 Å². The van der Waals surface area contributed by atoms with Crippen molar-refractivity contribution in [3.8, 4) is 5.75 Å². The summed E-state index contributed by atoms with van der Waals surface area (Å²) in [6, 6.07) is 11.8. The number of anilines is 2.